The number of azo groups is 1. The van der Waals surface area contributed by atoms with E-state index in [9.17, 15) is 5.21 Å². The van der Waals surface area contributed by atoms with Crippen LogP contribution in [0, 0.1) is 5.21 Å². The smallest absolute Gasteiger partial charge is 0.239 e. The van der Waals surface area contributed by atoms with Crippen molar-refractivity contribution in [2.24, 2.45) is 5.11 Å². The van der Waals surface area contributed by atoms with Gasteiger partial charge in [-0.3, -0.25) is 0 Å². The van der Waals surface area contributed by atoms with Crippen LogP contribution >= 0.6 is 0 Å². The van der Waals surface area contributed by atoms with Gasteiger partial charge in [-0.15, -0.1) is 0 Å². The summed E-state index contributed by atoms with van der Waals surface area (Å²) in [5.74, 6) is -0.820. The van der Waals surface area contributed by atoms with Crippen molar-refractivity contribution in [1.82, 2.24) is 0 Å². The van der Waals surface area contributed by atoms with Crippen LogP contribution in [-0.2, 0) is 9.47 Å². The van der Waals surface area contributed by atoms with Crippen LogP contribution in [-0.4, -0.2) is 37.0 Å². The summed E-state index contributed by atoms with van der Waals surface area (Å²) in [4.78, 5) is 0.616. The molecule has 5 nitrogen and oxygen atoms in total. The van der Waals surface area contributed by atoms with Crippen LogP contribution in [0.15, 0.2) is 5.11 Å². The molecule has 0 saturated carbocycles. The first kappa shape index (κ1) is 10.4. The predicted octanol–water partition coefficient (Wildman–Crippen LogP) is 1.12. The van der Waals surface area contributed by atoms with E-state index in [0.29, 0.717) is 18.1 Å². The maximum absolute atomic E-state index is 11.2. The molecule has 0 aromatic heterocycles. The number of hydrogen-bond donors (Lipinski definition) is 0. The third kappa shape index (κ3) is 2.16. The van der Waals surface area contributed by atoms with Crippen molar-refractivity contribution in [2.75, 3.05) is 20.3 Å². The lowest BCUT2D eigenvalue weighted by atomic mass is 10.1. The third-order valence-corrected chi connectivity index (χ3v) is 2.35. The highest BCUT2D eigenvalue weighted by Gasteiger charge is 2.42. The highest BCUT2D eigenvalue weighted by molar-refractivity contribution is 4.73. The van der Waals surface area contributed by atoms with E-state index in [0.717, 1.165) is 6.42 Å². The van der Waals surface area contributed by atoms with Gasteiger partial charge < -0.3 is 14.7 Å². The zero-order valence-corrected chi connectivity index (χ0v) is 8.32. The van der Waals surface area contributed by atoms with Gasteiger partial charge in [-0.05, 0) is 18.5 Å². The summed E-state index contributed by atoms with van der Waals surface area (Å²) < 4.78 is 10.9. The van der Waals surface area contributed by atoms with E-state index in [-0.39, 0.29) is 0 Å². The summed E-state index contributed by atoms with van der Waals surface area (Å²) in [5, 5.41) is 14.7. The van der Waals surface area contributed by atoms with Crippen LogP contribution in [0.25, 0.3) is 0 Å². The molecule has 1 aliphatic heterocycles. The Labute approximate surface area is 77.9 Å². The summed E-state index contributed by atoms with van der Waals surface area (Å²) in [6.45, 7) is 4.79. The van der Waals surface area contributed by atoms with Crippen LogP contribution in [0.1, 0.15) is 20.3 Å². The van der Waals surface area contributed by atoms with Crippen molar-refractivity contribution in [3.05, 3.63) is 5.21 Å². The normalized spacial score (nSPS) is 25.6. The fraction of sp³-hybridized carbons (Fsp3) is 1.00. The molecule has 1 unspecified atom stereocenters. The second-order valence-corrected chi connectivity index (χ2v) is 3.24. The average Bonchev–Trinajstić information content (AvgIpc) is 2.16. The molecule has 1 saturated heterocycles. The monoisotopic (exact) mass is 188 g/mol. The van der Waals surface area contributed by atoms with E-state index in [1.54, 1.807) is 13.8 Å². The minimum absolute atomic E-state index is 0.419. The van der Waals surface area contributed by atoms with E-state index in [1.807, 2.05) is 0 Å². The molecule has 0 spiro atoms. The minimum Gasteiger partial charge on any atom is -0.600 e. The molecule has 5 heteroatoms. The van der Waals surface area contributed by atoms with Crippen LogP contribution in [0.3, 0.4) is 0 Å². The standard InChI is InChI=1S/C8H16N2O3/c1-7(10(11)9-3)8(2)12-5-4-6-13-8/h7H,4-6H2,1-3H3. The largest absolute Gasteiger partial charge is 0.600 e. The Balaban J connectivity index is 2.66. The zero-order chi connectivity index (χ0) is 9.90. The first-order valence-electron chi connectivity index (χ1n) is 4.44. The summed E-state index contributed by atoms with van der Waals surface area (Å²) >= 11 is 0. The highest BCUT2D eigenvalue weighted by atomic mass is 16.7. The Morgan fingerprint density at radius 3 is 2.46 bits per heavy atom. The zero-order valence-electron chi connectivity index (χ0n) is 8.32. The summed E-state index contributed by atoms with van der Waals surface area (Å²) in [5.41, 5.74) is 0. The number of ether oxygens (including phenoxy) is 2. The fourth-order valence-corrected chi connectivity index (χ4v) is 1.27. The molecule has 0 amide bonds. The number of nitrogens with zero attached hydrogens (tertiary/aromatic N) is 2. The van der Waals surface area contributed by atoms with Gasteiger partial charge in [0.25, 0.3) is 0 Å². The van der Waals surface area contributed by atoms with Gasteiger partial charge in [0.15, 0.2) is 0 Å². The average molecular weight is 188 g/mol. The molecule has 1 atom stereocenters. The van der Waals surface area contributed by atoms with E-state index in [1.165, 1.54) is 7.05 Å². The first-order valence-corrected chi connectivity index (χ1v) is 4.44. The molecular weight excluding hydrogens is 172 g/mol. The van der Waals surface area contributed by atoms with Crippen LogP contribution < -0.4 is 0 Å². The molecule has 0 bridgehead atoms. The second-order valence-electron chi connectivity index (χ2n) is 3.24. The van der Waals surface area contributed by atoms with E-state index < -0.39 is 11.8 Å². The molecule has 76 valence electrons. The van der Waals surface area contributed by atoms with Crippen molar-refractivity contribution in [3.63, 3.8) is 0 Å². The predicted molar refractivity (Wildman–Crippen MR) is 46.4 cm³/mol. The lowest BCUT2D eigenvalue weighted by molar-refractivity contribution is -0.601. The fourth-order valence-electron chi connectivity index (χ4n) is 1.27. The third-order valence-electron chi connectivity index (χ3n) is 2.35. The number of hydroxylamine groups is 1. The minimum atomic E-state index is -0.820. The summed E-state index contributed by atoms with van der Waals surface area (Å²) in [6.07, 6.45) is 0.879. The summed E-state index contributed by atoms with van der Waals surface area (Å²) in [6, 6.07) is -0.419. The van der Waals surface area contributed by atoms with Crippen LogP contribution in [0.4, 0.5) is 0 Å². The molecule has 1 aliphatic rings. The molecule has 13 heavy (non-hydrogen) atoms. The lowest BCUT2D eigenvalue weighted by Crippen LogP contribution is -2.50. The Kier molecular flexibility index (Phi) is 3.22. The Hall–Kier alpha value is -0.680. The Morgan fingerprint density at radius 1 is 1.46 bits per heavy atom. The topological polar surface area (TPSA) is 56.9 Å². The second kappa shape index (κ2) is 4.02. The van der Waals surface area contributed by atoms with Gasteiger partial charge in [0.1, 0.15) is 0 Å². The molecule has 0 N–H and O–H groups in total. The van der Waals surface area contributed by atoms with Crippen LogP contribution in [0.2, 0.25) is 0 Å². The quantitative estimate of drug-likeness (QED) is 0.370. The molecule has 0 aliphatic carbocycles. The van der Waals surface area contributed by atoms with Crippen molar-refractivity contribution in [3.8, 4) is 0 Å². The maximum atomic E-state index is 11.2. The molecule has 1 fully saturated rings. The van der Waals surface area contributed by atoms with Crippen molar-refractivity contribution in [1.29, 1.82) is 0 Å². The highest BCUT2D eigenvalue weighted by Crippen LogP contribution is 2.23. The first-order chi connectivity index (χ1) is 6.10. The van der Waals surface area contributed by atoms with E-state index in [4.69, 9.17) is 9.47 Å². The molecule has 1 rings (SSSR count). The van der Waals surface area contributed by atoms with Crippen LogP contribution in [0.5, 0.6) is 0 Å². The molecule has 1 heterocycles. The number of rotatable bonds is 2. The van der Waals surface area contributed by atoms with Gasteiger partial charge in [-0.1, -0.05) is 4.86 Å². The van der Waals surface area contributed by atoms with Gasteiger partial charge in [0.2, 0.25) is 11.8 Å². The molecule has 0 radical (unpaired) electrons. The SMILES string of the molecule is CN=[N+]([O-])C(C)C1(C)OCCCO1. The lowest BCUT2D eigenvalue weighted by Gasteiger charge is -2.35. The van der Waals surface area contributed by atoms with Crippen molar-refractivity contribution < 1.29 is 14.3 Å². The molecule has 0 aromatic carbocycles. The number of hydrogen-bond acceptors (Lipinski definition) is 4. The molecular formula is C8H16N2O3. The van der Waals surface area contributed by atoms with Crippen molar-refractivity contribution >= 4 is 0 Å². The summed E-state index contributed by atoms with van der Waals surface area (Å²) in [7, 11) is 1.45. The van der Waals surface area contributed by atoms with Gasteiger partial charge in [-0.25, -0.2) is 0 Å². The van der Waals surface area contributed by atoms with Gasteiger partial charge in [0.05, 0.1) is 20.3 Å². The maximum Gasteiger partial charge on any atom is 0.239 e. The molecule has 0 aromatic rings. The van der Waals surface area contributed by atoms with Crippen molar-refractivity contribution in [2.45, 2.75) is 32.1 Å². The Morgan fingerprint density at radius 2 is 2.00 bits per heavy atom. The van der Waals surface area contributed by atoms with Gasteiger partial charge in [0, 0.05) is 6.92 Å². The van der Waals surface area contributed by atoms with Gasteiger partial charge >= 0.3 is 0 Å². The van der Waals surface area contributed by atoms with Gasteiger partial charge in [-0.2, -0.15) is 0 Å². The van der Waals surface area contributed by atoms with E-state index in [2.05, 4.69) is 5.11 Å². The van der Waals surface area contributed by atoms with E-state index >= 15 is 0 Å². The Bertz CT molecular complexity index is 200.